The van der Waals surface area contributed by atoms with Crippen LogP contribution in [0.5, 0.6) is 0 Å². The summed E-state index contributed by atoms with van der Waals surface area (Å²) in [5.41, 5.74) is 2.19. The van der Waals surface area contributed by atoms with Crippen LogP contribution in [0.3, 0.4) is 0 Å². The Morgan fingerprint density at radius 2 is 1.88 bits per heavy atom. The number of rotatable bonds is 6. The summed E-state index contributed by atoms with van der Waals surface area (Å²) in [5.74, 6) is -0.241. The van der Waals surface area contributed by atoms with Gasteiger partial charge in [0.25, 0.3) is 5.91 Å². The van der Waals surface area contributed by atoms with Crippen LogP contribution >= 0.6 is 0 Å². The van der Waals surface area contributed by atoms with Crippen molar-refractivity contribution >= 4 is 17.5 Å². The van der Waals surface area contributed by atoms with Gasteiger partial charge in [0.05, 0.1) is 6.10 Å². The van der Waals surface area contributed by atoms with Gasteiger partial charge in [-0.15, -0.1) is 0 Å². The van der Waals surface area contributed by atoms with Crippen molar-refractivity contribution < 1.29 is 14.3 Å². The second-order valence-electron chi connectivity index (χ2n) is 6.90. The highest BCUT2D eigenvalue weighted by molar-refractivity contribution is 5.98. The third kappa shape index (κ3) is 4.81. The molecule has 5 heteroatoms. The van der Waals surface area contributed by atoms with E-state index in [0.717, 1.165) is 31.2 Å². The third-order valence-corrected chi connectivity index (χ3v) is 4.69. The van der Waals surface area contributed by atoms with Crippen LogP contribution in [0.4, 0.5) is 5.69 Å². The number of carbonyl (C=O) groups excluding carboxylic acids is 2. The molecule has 5 nitrogen and oxygen atoms in total. The first-order chi connectivity index (χ1) is 11.6. The Bertz CT molecular complexity index is 605. The number of nitrogens with one attached hydrogen (secondary N) is 2. The molecule has 2 N–H and O–H groups in total. The van der Waals surface area contributed by atoms with Crippen molar-refractivity contribution in [3.05, 3.63) is 29.3 Å². The molecule has 0 saturated heterocycles. The van der Waals surface area contributed by atoms with E-state index in [1.807, 2.05) is 13.0 Å². The van der Waals surface area contributed by atoms with E-state index in [0.29, 0.717) is 17.3 Å². The zero-order valence-corrected chi connectivity index (χ0v) is 14.3. The number of aryl methyl sites for hydroxylation is 1. The molecule has 0 atom stereocenters. The van der Waals surface area contributed by atoms with Crippen molar-refractivity contribution in [3.63, 3.8) is 0 Å². The molecular weight excluding hydrogens is 304 g/mol. The predicted molar refractivity (Wildman–Crippen MR) is 93.1 cm³/mol. The van der Waals surface area contributed by atoms with E-state index in [-0.39, 0.29) is 24.5 Å². The lowest BCUT2D eigenvalue weighted by Gasteiger charge is -2.21. The van der Waals surface area contributed by atoms with Crippen LogP contribution in [0.15, 0.2) is 18.2 Å². The molecule has 2 aliphatic rings. The fourth-order valence-corrected chi connectivity index (χ4v) is 3.01. The lowest BCUT2D eigenvalue weighted by molar-refractivity contribution is -0.123. The molecule has 24 heavy (non-hydrogen) atoms. The summed E-state index contributed by atoms with van der Waals surface area (Å²) in [6.45, 7) is 1.99. The lowest BCUT2D eigenvalue weighted by Crippen LogP contribution is -2.26. The van der Waals surface area contributed by atoms with Crippen molar-refractivity contribution in [2.75, 3.05) is 11.9 Å². The smallest absolute Gasteiger partial charge is 0.251 e. The maximum Gasteiger partial charge on any atom is 0.251 e. The number of amides is 2. The van der Waals surface area contributed by atoms with Crippen molar-refractivity contribution in [2.24, 2.45) is 0 Å². The van der Waals surface area contributed by atoms with E-state index >= 15 is 0 Å². The highest BCUT2D eigenvalue weighted by Crippen LogP contribution is 2.22. The van der Waals surface area contributed by atoms with Crippen molar-refractivity contribution in [1.29, 1.82) is 0 Å². The van der Waals surface area contributed by atoms with Crippen LogP contribution in [0.1, 0.15) is 60.9 Å². The number of benzene rings is 1. The van der Waals surface area contributed by atoms with Gasteiger partial charge < -0.3 is 15.4 Å². The molecular formula is C19H26N2O3. The van der Waals surface area contributed by atoms with Crippen LogP contribution in [0, 0.1) is 6.92 Å². The number of hydrogen-bond acceptors (Lipinski definition) is 3. The molecule has 0 bridgehead atoms. The first-order valence-corrected chi connectivity index (χ1v) is 8.95. The fourth-order valence-electron chi connectivity index (χ4n) is 3.01. The fraction of sp³-hybridized carbons (Fsp3) is 0.579. The zero-order chi connectivity index (χ0) is 16.9. The average molecular weight is 330 g/mol. The average Bonchev–Trinajstić information content (AvgIpc) is 3.40. The molecule has 0 radical (unpaired) electrons. The Balaban J connectivity index is 1.54. The van der Waals surface area contributed by atoms with E-state index in [1.165, 1.54) is 19.3 Å². The second kappa shape index (κ2) is 7.79. The van der Waals surface area contributed by atoms with Gasteiger partial charge in [-0.05, 0) is 50.3 Å². The Kier molecular flexibility index (Phi) is 5.51. The van der Waals surface area contributed by atoms with E-state index in [2.05, 4.69) is 10.6 Å². The van der Waals surface area contributed by atoms with Gasteiger partial charge in [-0.3, -0.25) is 9.59 Å². The summed E-state index contributed by atoms with van der Waals surface area (Å²) in [5, 5.41) is 5.83. The molecule has 2 saturated carbocycles. The molecule has 0 unspecified atom stereocenters. The largest absolute Gasteiger partial charge is 0.368 e. The summed E-state index contributed by atoms with van der Waals surface area (Å²) in [6.07, 6.45) is 8.04. The Morgan fingerprint density at radius 1 is 1.12 bits per heavy atom. The molecule has 0 aromatic heterocycles. The number of hydrogen-bond donors (Lipinski definition) is 2. The summed E-state index contributed by atoms with van der Waals surface area (Å²) >= 11 is 0. The standard InChI is InChI=1S/C19H26N2O3/c1-13-7-8-14(19(23)20-15-9-10-15)11-17(13)21-18(22)12-24-16-5-3-2-4-6-16/h7-8,11,15-16H,2-6,9-10,12H2,1H3,(H,20,23)(H,21,22). The van der Waals surface area contributed by atoms with Crippen LogP contribution in [-0.4, -0.2) is 30.6 Å². The molecule has 2 aliphatic carbocycles. The van der Waals surface area contributed by atoms with Crippen molar-refractivity contribution in [3.8, 4) is 0 Å². The normalized spacial score (nSPS) is 18.2. The summed E-state index contributed by atoms with van der Waals surface area (Å²) < 4.78 is 5.70. The van der Waals surface area contributed by atoms with Gasteiger partial charge in [0.15, 0.2) is 0 Å². The first kappa shape index (κ1) is 17.0. The van der Waals surface area contributed by atoms with Gasteiger partial charge >= 0.3 is 0 Å². The minimum atomic E-state index is -0.163. The van der Waals surface area contributed by atoms with Crippen LogP contribution in [0.2, 0.25) is 0 Å². The van der Waals surface area contributed by atoms with Crippen LogP contribution in [0.25, 0.3) is 0 Å². The van der Waals surface area contributed by atoms with Gasteiger partial charge in [0, 0.05) is 17.3 Å². The van der Waals surface area contributed by atoms with Gasteiger partial charge in [-0.2, -0.15) is 0 Å². The van der Waals surface area contributed by atoms with Crippen molar-refractivity contribution in [2.45, 2.75) is 64.0 Å². The summed E-state index contributed by atoms with van der Waals surface area (Å²) in [7, 11) is 0. The molecule has 130 valence electrons. The quantitative estimate of drug-likeness (QED) is 0.842. The van der Waals surface area contributed by atoms with Crippen molar-refractivity contribution in [1.82, 2.24) is 5.32 Å². The minimum absolute atomic E-state index is 0.0720. The van der Waals surface area contributed by atoms with E-state index in [1.54, 1.807) is 12.1 Å². The van der Waals surface area contributed by atoms with Gasteiger partial charge in [0.2, 0.25) is 5.91 Å². The monoisotopic (exact) mass is 330 g/mol. The summed E-state index contributed by atoms with van der Waals surface area (Å²) in [4.78, 5) is 24.3. The number of ether oxygens (including phenoxy) is 1. The lowest BCUT2D eigenvalue weighted by atomic mass is 9.98. The highest BCUT2D eigenvalue weighted by atomic mass is 16.5. The topological polar surface area (TPSA) is 67.4 Å². The summed E-state index contributed by atoms with van der Waals surface area (Å²) in [6, 6.07) is 5.72. The predicted octanol–water partition coefficient (Wildman–Crippen LogP) is 3.18. The molecule has 0 heterocycles. The molecule has 0 aliphatic heterocycles. The maximum atomic E-state index is 12.1. The second-order valence-corrected chi connectivity index (χ2v) is 6.90. The zero-order valence-electron chi connectivity index (χ0n) is 14.3. The molecule has 2 amide bonds. The van der Waals surface area contributed by atoms with Crippen LogP contribution in [-0.2, 0) is 9.53 Å². The van der Waals surface area contributed by atoms with Crippen LogP contribution < -0.4 is 10.6 Å². The minimum Gasteiger partial charge on any atom is -0.368 e. The Hall–Kier alpha value is -1.88. The first-order valence-electron chi connectivity index (χ1n) is 8.95. The van der Waals surface area contributed by atoms with E-state index in [9.17, 15) is 9.59 Å². The van der Waals surface area contributed by atoms with Gasteiger partial charge in [-0.1, -0.05) is 25.3 Å². The van der Waals surface area contributed by atoms with Gasteiger partial charge in [0.1, 0.15) is 6.61 Å². The SMILES string of the molecule is Cc1ccc(C(=O)NC2CC2)cc1NC(=O)COC1CCCCC1. The highest BCUT2D eigenvalue weighted by Gasteiger charge is 2.24. The number of anilines is 1. The molecule has 1 aromatic carbocycles. The Labute approximate surface area is 143 Å². The molecule has 2 fully saturated rings. The Morgan fingerprint density at radius 3 is 2.58 bits per heavy atom. The maximum absolute atomic E-state index is 12.1. The molecule has 1 aromatic rings. The van der Waals surface area contributed by atoms with Gasteiger partial charge in [-0.25, -0.2) is 0 Å². The third-order valence-electron chi connectivity index (χ3n) is 4.69. The molecule has 0 spiro atoms. The van der Waals surface area contributed by atoms with E-state index in [4.69, 9.17) is 4.74 Å². The van der Waals surface area contributed by atoms with E-state index < -0.39 is 0 Å². The number of carbonyl (C=O) groups is 2. The molecule has 3 rings (SSSR count).